The molecule has 7 nitrogen and oxygen atoms in total. The van der Waals surface area contributed by atoms with E-state index < -0.39 is 0 Å². The fraction of sp³-hybridized carbons (Fsp3) is 0.778. The average molecular weight is 477 g/mol. The highest BCUT2D eigenvalue weighted by atomic mass is 127. The van der Waals surface area contributed by atoms with E-state index in [0.29, 0.717) is 12.0 Å². The topological polar surface area (TPSA) is 63.9 Å². The minimum Gasteiger partial charge on any atom is -0.385 e. The van der Waals surface area contributed by atoms with E-state index in [0.717, 1.165) is 50.7 Å². The number of nitrogens with one attached hydrogen (secondary N) is 1. The SMILES string of the molecule is CCNC(=NCC1(CCOC)CC1)N1CCOC(c2cnn(C)c2)C1.I. The van der Waals surface area contributed by atoms with E-state index >= 15 is 0 Å². The summed E-state index contributed by atoms with van der Waals surface area (Å²) in [6.45, 7) is 7.08. The zero-order valence-electron chi connectivity index (χ0n) is 16.1. The molecule has 2 heterocycles. The molecule has 0 amide bonds. The number of guanidine groups is 1. The molecule has 3 rings (SSSR count). The molecule has 1 N–H and O–H groups in total. The maximum atomic E-state index is 5.95. The Morgan fingerprint density at radius 2 is 2.31 bits per heavy atom. The normalized spacial score (nSPS) is 22.0. The van der Waals surface area contributed by atoms with Gasteiger partial charge in [0.2, 0.25) is 0 Å². The number of hydrogen-bond acceptors (Lipinski definition) is 4. The summed E-state index contributed by atoms with van der Waals surface area (Å²) >= 11 is 0. The molecule has 148 valence electrons. The molecule has 2 aliphatic rings. The van der Waals surface area contributed by atoms with E-state index in [2.05, 4.69) is 22.2 Å². The van der Waals surface area contributed by atoms with E-state index in [1.807, 2.05) is 24.1 Å². The molecule has 0 aromatic carbocycles. The van der Waals surface area contributed by atoms with Crippen molar-refractivity contribution in [2.75, 3.05) is 46.5 Å². The van der Waals surface area contributed by atoms with Crippen molar-refractivity contribution in [1.82, 2.24) is 20.0 Å². The van der Waals surface area contributed by atoms with Gasteiger partial charge in [-0.25, -0.2) is 0 Å². The van der Waals surface area contributed by atoms with Gasteiger partial charge in [-0.05, 0) is 31.6 Å². The predicted molar refractivity (Wildman–Crippen MR) is 113 cm³/mol. The van der Waals surface area contributed by atoms with Crippen LogP contribution in [0.4, 0.5) is 0 Å². The van der Waals surface area contributed by atoms with Crippen LogP contribution in [0, 0.1) is 5.41 Å². The van der Waals surface area contributed by atoms with E-state index in [-0.39, 0.29) is 30.1 Å². The lowest BCUT2D eigenvalue weighted by atomic mass is 10.0. The Bertz CT molecular complexity index is 588. The second-order valence-corrected chi connectivity index (χ2v) is 7.17. The minimum absolute atomic E-state index is 0. The van der Waals surface area contributed by atoms with E-state index in [9.17, 15) is 0 Å². The van der Waals surface area contributed by atoms with Crippen molar-refractivity contribution in [2.24, 2.45) is 17.5 Å². The van der Waals surface area contributed by atoms with Crippen molar-refractivity contribution in [2.45, 2.75) is 32.3 Å². The van der Waals surface area contributed by atoms with Crippen LogP contribution in [0.3, 0.4) is 0 Å². The molecule has 1 unspecified atom stereocenters. The lowest BCUT2D eigenvalue weighted by molar-refractivity contribution is -0.00807. The average Bonchev–Trinajstić information content (AvgIpc) is 3.27. The van der Waals surface area contributed by atoms with E-state index in [1.165, 1.54) is 12.8 Å². The summed E-state index contributed by atoms with van der Waals surface area (Å²) in [7, 11) is 3.71. The van der Waals surface area contributed by atoms with Crippen molar-refractivity contribution in [3.8, 4) is 0 Å². The standard InChI is InChI=1S/C18H31N5O2.HI/c1-4-19-17(20-14-18(5-6-18)7-9-24-3)23-8-10-25-16(13-23)15-11-21-22(2)12-15;/h11-12,16H,4-10,13-14H2,1-3H3,(H,19,20);1H. The summed E-state index contributed by atoms with van der Waals surface area (Å²) in [6.07, 6.45) is 7.61. The summed E-state index contributed by atoms with van der Waals surface area (Å²) < 4.78 is 13.0. The van der Waals surface area contributed by atoms with Gasteiger partial charge in [0.1, 0.15) is 6.10 Å². The largest absolute Gasteiger partial charge is 0.385 e. The molecular formula is C18H32IN5O2. The first-order chi connectivity index (χ1) is 12.2. The van der Waals surface area contributed by atoms with Gasteiger partial charge in [0.25, 0.3) is 0 Å². The van der Waals surface area contributed by atoms with Crippen molar-refractivity contribution in [3.63, 3.8) is 0 Å². The third-order valence-corrected chi connectivity index (χ3v) is 5.16. The third-order valence-electron chi connectivity index (χ3n) is 5.16. The second-order valence-electron chi connectivity index (χ2n) is 7.17. The fourth-order valence-corrected chi connectivity index (χ4v) is 3.30. The zero-order chi connectivity index (χ0) is 17.7. The van der Waals surface area contributed by atoms with Crippen LogP contribution in [0.5, 0.6) is 0 Å². The number of ether oxygens (including phenoxy) is 2. The van der Waals surface area contributed by atoms with Crippen LogP contribution in [0.15, 0.2) is 17.4 Å². The number of morpholine rings is 1. The van der Waals surface area contributed by atoms with Crippen LogP contribution in [0.25, 0.3) is 0 Å². The number of methoxy groups -OCH3 is 1. The van der Waals surface area contributed by atoms with Gasteiger partial charge in [-0.1, -0.05) is 0 Å². The highest BCUT2D eigenvalue weighted by Crippen LogP contribution is 2.49. The molecule has 1 aliphatic carbocycles. The summed E-state index contributed by atoms with van der Waals surface area (Å²) in [5.41, 5.74) is 1.49. The van der Waals surface area contributed by atoms with Gasteiger partial charge < -0.3 is 19.7 Å². The molecule has 2 fully saturated rings. The molecule has 0 radical (unpaired) electrons. The molecule has 1 atom stereocenters. The Morgan fingerprint density at radius 3 is 2.92 bits per heavy atom. The maximum Gasteiger partial charge on any atom is 0.194 e. The van der Waals surface area contributed by atoms with Gasteiger partial charge in [0.15, 0.2) is 5.96 Å². The number of aromatic nitrogens is 2. The Labute approximate surface area is 173 Å². The van der Waals surface area contributed by atoms with Crippen LogP contribution in [0.2, 0.25) is 0 Å². The third kappa shape index (κ3) is 5.56. The fourth-order valence-electron chi connectivity index (χ4n) is 3.30. The van der Waals surface area contributed by atoms with Crippen LogP contribution in [-0.4, -0.2) is 67.1 Å². The molecule has 0 bridgehead atoms. The molecule has 26 heavy (non-hydrogen) atoms. The summed E-state index contributed by atoms with van der Waals surface area (Å²) in [6, 6.07) is 0. The van der Waals surface area contributed by atoms with Crippen LogP contribution in [-0.2, 0) is 16.5 Å². The van der Waals surface area contributed by atoms with E-state index in [1.54, 1.807) is 7.11 Å². The number of rotatable bonds is 7. The Balaban J connectivity index is 0.00000243. The van der Waals surface area contributed by atoms with Gasteiger partial charge >= 0.3 is 0 Å². The van der Waals surface area contributed by atoms with Gasteiger partial charge in [0, 0.05) is 52.2 Å². The molecule has 8 heteroatoms. The number of aryl methyl sites for hydroxylation is 1. The quantitative estimate of drug-likeness (QED) is 0.371. The predicted octanol–water partition coefficient (Wildman–Crippen LogP) is 2.19. The van der Waals surface area contributed by atoms with Crippen LogP contribution in [0.1, 0.15) is 37.9 Å². The first kappa shape index (κ1) is 21.4. The Kier molecular flexibility index (Phi) is 8.15. The number of nitrogens with zero attached hydrogens (tertiary/aromatic N) is 4. The number of hydrogen-bond donors (Lipinski definition) is 1. The minimum atomic E-state index is 0. The van der Waals surface area contributed by atoms with Gasteiger partial charge in [0.05, 0.1) is 19.3 Å². The highest BCUT2D eigenvalue weighted by Gasteiger charge is 2.42. The molecule has 1 aliphatic heterocycles. The van der Waals surface area contributed by atoms with Crippen LogP contribution >= 0.6 is 24.0 Å². The molecule has 0 spiro atoms. The maximum absolute atomic E-state index is 5.95. The zero-order valence-corrected chi connectivity index (χ0v) is 18.4. The lowest BCUT2D eigenvalue weighted by Gasteiger charge is -2.35. The van der Waals surface area contributed by atoms with Gasteiger partial charge in [-0.15, -0.1) is 24.0 Å². The van der Waals surface area contributed by atoms with E-state index in [4.69, 9.17) is 14.5 Å². The first-order valence-corrected chi connectivity index (χ1v) is 9.28. The molecule has 1 saturated heterocycles. The summed E-state index contributed by atoms with van der Waals surface area (Å²) in [5, 5.41) is 7.72. The second kappa shape index (κ2) is 9.89. The molecule has 1 saturated carbocycles. The van der Waals surface area contributed by atoms with Crippen molar-refractivity contribution < 1.29 is 9.47 Å². The van der Waals surface area contributed by atoms with Gasteiger partial charge in [-0.3, -0.25) is 9.67 Å². The monoisotopic (exact) mass is 477 g/mol. The van der Waals surface area contributed by atoms with Crippen molar-refractivity contribution >= 4 is 29.9 Å². The molecule has 1 aromatic rings. The first-order valence-electron chi connectivity index (χ1n) is 9.28. The highest BCUT2D eigenvalue weighted by molar-refractivity contribution is 14.0. The molecular weight excluding hydrogens is 445 g/mol. The number of halogens is 1. The molecule has 1 aromatic heterocycles. The summed E-state index contributed by atoms with van der Waals surface area (Å²) in [5.74, 6) is 1.00. The smallest absolute Gasteiger partial charge is 0.194 e. The Morgan fingerprint density at radius 1 is 1.50 bits per heavy atom. The summed E-state index contributed by atoms with van der Waals surface area (Å²) in [4.78, 5) is 7.27. The van der Waals surface area contributed by atoms with Crippen LogP contribution < -0.4 is 5.32 Å². The van der Waals surface area contributed by atoms with Gasteiger partial charge in [-0.2, -0.15) is 5.10 Å². The van der Waals surface area contributed by atoms with Crippen molar-refractivity contribution in [3.05, 3.63) is 18.0 Å². The lowest BCUT2D eigenvalue weighted by Crippen LogP contribution is -2.48. The van der Waals surface area contributed by atoms with Crippen molar-refractivity contribution in [1.29, 1.82) is 0 Å². The Hall–Kier alpha value is -0.870. The number of aliphatic imine (C=N–C) groups is 1.